The third kappa shape index (κ3) is 4.46. The molecule has 2 heterocycles. The summed E-state index contributed by atoms with van der Waals surface area (Å²) < 4.78 is 2.02. The standard InChI is InChI=1S/C29H30N4O/c1-22-29(23(2)33(30-22)27-11-7-4-8-12-27)32-19-17-31(18-20-32)28(34)21-24-13-15-26(16-14-24)25-9-5-3-6-10-25/h3-16H,17-21H2,1-2H3. The van der Waals surface area contributed by atoms with Crippen LogP contribution in [0, 0.1) is 13.8 Å². The average molecular weight is 451 g/mol. The summed E-state index contributed by atoms with van der Waals surface area (Å²) in [4.78, 5) is 17.3. The van der Waals surface area contributed by atoms with Gasteiger partial charge in [0.2, 0.25) is 5.91 Å². The molecule has 1 aromatic heterocycles. The Morgan fingerprint density at radius 3 is 2.00 bits per heavy atom. The lowest BCUT2D eigenvalue weighted by molar-refractivity contribution is -0.130. The maximum atomic E-state index is 13.0. The molecule has 0 aliphatic carbocycles. The number of para-hydroxylation sites is 1. The first-order chi connectivity index (χ1) is 16.6. The van der Waals surface area contributed by atoms with Crippen LogP contribution in [0.4, 0.5) is 5.69 Å². The minimum absolute atomic E-state index is 0.195. The number of aromatic nitrogens is 2. The van der Waals surface area contributed by atoms with Crippen LogP contribution in [0.2, 0.25) is 0 Å². The molecule has 0 spiro atoms. The Morgan fingerprint density at radius 2 is 1.35 bits per heavy atom. The van der Waals surface area contributed by atoms with Crippen LogP contribution >= 0.6 is 0 Å². The van der Waals surface area contributed by atoms with E-state index in [0.29, 0.717) is 6.42 Å². The molecule has 172 valence electrons. The Kier molecular flexibility index (Phi) is 6.17. The van der Waals surface area contributed by atoms with Crippen molar-refractivity contribution in [1.29, 1.82) is 0 Å². The van der Waals surface area contributed by atoms with Gasteiger partial charge in [-0.2, -0.15) is 5.10 Å². The molecule has 1 aliphatic heterocycles. The van der Waals surface area contributed by atoms with Crippen molar-refractivity contribution in [3.05, 3.63) is 102 Å². The number of carbonyl (C=O) groups is 1. The van der Waals surface area contributed by atoms with Crippen LogP contribution < -0.4 is 4.90 Å². The molecular weight excluding hydrogens is 420 g/mol. The first-order valence-electron chi connectivity index (χ1n) is 11.9. The van der Waals surface area contributed by atoms with Crippen LogP contribution in [0.1, 0.15) is 17.0 Å². The van der Waals surface area contributed by atoms with Gasteiger partial charge >= 0.3 is 0 Å². The van der Waals surface area contributed by atoms with E-state index in [1.165, 1.54) is 16.8 Å². The molecule has 0 bridgehead atoms. The topological polar surface area (TPSA) is 41.4 Å². The fourth-order valence-electron chi connectivity index (χ4n) is 4.82. The lowest BCUT2D eigenvalue weighted by Crippen LogP contribution is -2.49. The van der Waals surface area contributed by atoms with E-state index < -0.39 is 0 Å². The highest BCUT2D eigenvalue weighted by molar-refractivity contribution is 5.79. The third-order valence-corrected chi connectivity index (χ3v) is 6.62. The molecule has 5 heteroatoms. The molecular formula is C29H30N4O. The molecule has 34 heavy (non-hydrogen) atoms. The summed E-state index contributed by atoms with van der Waals surface area (Å²) in [5.74, 6) is 0.195. The Hall–Kier alpha value is -3.86. The van der Waals surface area contributed by atoms with E-state index >= 15 is 0 Å². The molecule has 4 aromatic rings. The Balaban J connectivity index is 1.21. The zero-order chi connectivity index (χ0) is 23.5. The van der Waals surface area contributed by atoms with Crippen molar-refractivity contribution in [1.82, 2.24) is 14.7 Å². The maximum absolute atomic E-state index is 13.0. The van der Waals surface area contributed by atoms with Gasteiger partial charge in [0.15, 0.2) is 0 Å². The number of piperazine rings is 1. The number of amides is 1. The van der Waals surface area contributed by atoms with Gasteiger partial charge in [-0.15, -0.1) is 0 Å². The van der Waals surface area contributed by atoms with E-state index in [2.05, 4.69) is 67.3 Å². The number of aryl methyl sites for hydroxylation is 1. The molecule has 0 unspecified atom stereocenters. The highest BCUT2D eigenvalue weighted by Gasteiger charge is 2.25. The number of carbonyl (C=O) groups excluding carboxylic acids is 1. The Bertz CT molecular complexity index is 1260. The van der Waals surface area contributed by atoms with Crippen molar-refractivity contribution in [2.75, 3.05) is 31.1 Å². The van der Waals surface area contributed by atoms with Crippen molar-refractivity contribution in [3.8, 4) is 16.8 Å². The maximum Gasteiger partial charge on any atom is 0.227 e. The SMILES string of the molecule is Cc1nn(-c2ccccc2)c(C)c1N1CCN(C(=O)Cc2ccc(-c3ccccc3)cc2)CC1. The van der Waals surface area contributed by atoms with Crippen molar-refractivity contribution < 1.29 is 4.79 Å². The van der Waals surface area contributed by atoms with Crippen molar-refractivity contribution in [3.63, 3.8) is 0 Å². The van der Waals surface area contributed by atoms with Gasteiger partial charge in [0.1, 0.15) is 0 Å². The summed E-state index contributed by atoms with van der Waals surface area (Å²) in [5.41, 5.74) is 7.85. The predicted octanol–water partition coefficient (Wildman–Crippen LogP) is 5.05. The Morgan fingerprint density at radius 1 is 0.765 bits per heavy atom. The van der Waals surface area contributed by atoms with E-state index in [-0.39, 0.29) is 5.91 Å². The second-order valence-corrected chi connectivity index (χ2v) is 8.87. The molecule has 1 amide bonds. The van der Waals surface area contributed by atoms with E-state index in [4.69, 9.17) is 5.10 Å². The number of anilines is 1. The quantitative estimate of drug-likeness (QED) is 0.427. The van der Waals surface area contributed by atoms with Gasteiger partial charge in [-0.25, -0.2) is 4.68 Å². The zero-order valence-electron chi connectivity index (χ0n) is 19.8. The molecule has 0 atom stereocenters. The highest BCUT2D eigenvalue weighted by Crippen LogP contribution is 2.28. The molecule has 1 saturated heterocycles. The highest BCUT2D eigenvalue weighted by atomic mass is 16.2. The summed E-state index contributed by atoms with van der Waals surface area (Å²) >= 11 is 0. The number of nitrogens with zero attached hydrogens (tertiary/aromatic N) is 4. The normalized spacial score (nSPS) is 13.8. The molecule has 0 N–H and O–H groups in total. The number of rotatable bonds is 5. The van der Waals surface area contributed by atoms with Crippen LogP contribution in [0.5, 0.6) is 0 Å². The minimum atomic E-state index is 0.195. The van der Waals surface area contributed by atoms with E-state index in [9.17, 15) is 4.79 Å². The number of hydrogen-bond acceptors (Lipinski definition) is 3. The molecule has 0 saturated carbocycles. The lowest BCUT2D eigenvalue weighted by atomic mass is 10.0. The van der Waals surface area contributed by atoms with Crippen molar-refractivity contribution in [2.45, 2.75) is 20.3 Å². The van der Waals surface area contributed by atoms with Gasteiger partial charge in [-0.05, 0) is 42.7 Å². The largest absolute Gasteiger partial charge is 0.365 e. The molecule has 5 rings (SSSR count). The first kappa shape index (κ1) is 22.0. The van der Waals surface area contributed by atoms with Crippen LogP contribution in [-0.4, -0.2) is 46.8 Å². The fraction of sp³-hybridized carbons (Fsp3) is 0.241. The van der Waals surface area contributed by atoms with E-state index in [0.717, 1.165) is 48.8 Å². The summed E-state index contributed by atoms with van der Waals surface area (Å²) in [5, 5.41) is 4.79. The monoisotopic (exact) mass is 450 g/mol. The third-order valence-electron chi connectivity index (χ3n) is 6.62. The average Bonchev–Trinajstić information content (AvgIpc) is 3.19. The van der Waals surface area contributed by atoms with Gasteiger partial charge in [-0.1, -0.05) is 72.8 Å². The summed E-state index contributed by atoms with van der Waals surface area (Å²) in [6.45, 7) is 7.30. The van der Waals surface area contributed by atoms with Crippen molar-refractivity contribution in [2.24, 2.45) is 0 Å². The predicted molar refractivity (Wildman–Crippen MR) is 137 cm³/mol. The van der Waals surface area contributed by atoms with Gasteiger partial charge in [-0.3, -0.25) is 4.79 Å². The van der Waals surface area contributed by atoms with Crippen LogP contribution in [0.25, 0.3) is 16.8 Å². The van der Waals surface area contributed by atoms with Gasteiger partial charge in [0, 0.05) is 26.2 Å². The lowest BCUT2D eigenvalue weighted by Gasteiger charge is -2.36. The molecule has 5 nitrogen and oxygen atoms in total. The van der Waals surface area contributed by atoms with E-state index in [1.54, 1.807) is 0 Å². The second-order valence-electron chi connectivity index (χ2n) is 8.87. The second kappa shape index (κ2) is 9.56. The van der Waals surface area contributed by atoms with Crippen LogP contribution in [0.3, 0.4) is 0 Å². The first-order valence-corrected chi connectivity index (χ1v) is 11.9. The van der Waals surface area contributed by atoms with Crippen molar-refractivity contribution >= 4 is 11.6 Å². The zero-order valence-corrected chi connectivity index (χ0v) is 19.8. The number of benzene rings is 3. The summed E-state index contributed by atoms with van der Waals surface area (Å²) in [6, 6.07) is 28.9. The smallest absolute Gasteiger partial charge is 0.227 e. The minimum Gasteiger partial charge on any atom is -0.365 e. The molecule has 0 radical (unpaired) electrons. The Labute approximate surface area is 201 Å². The fourth-order valence-corrected chi connectivity index (χ4v) is 4.82. The number of hydrogen-bond donors (Lipinski definition) is 0. The molecule has 3 aromatic carbocycles. The van der Waals surface area contributed by atoms with Gasteiger partial charge < -0.3 is 9.80 Å². The summed E-state index contributed by atoms with van der Waals surface area (Å²) in [6.07, 6.45) is 0.444. The van der Waals surface area contributed by atoms with E-state index in [1.807, 2.05) is 46.0 Å². The van der Waals surface area contributed by atoms with Crippen LogP contribution in [0.15, 0.2) is 84.9 Å². The summed E-state index contributed by atoms with van der Waals surface area (Å²) in [7, 11) is 0. The van der Waals surface area contributed by atoms with Crippen LogP contribution in [-0.2, 0) is 11.2 Å². The van der Waals surface area contributed by atoms with Gasteiger partial charge in [0.25, 0.3) is 0 Å². The molecule has 1 aliphatic rings. The molecule has 1 fully saturated rings. The van der Waals surface area contributed by atoms with Gasteiger partial charge in [0.05, 0.1) is 29.2 Å².